The molecule has 0 aliphatic carbocycles. The lowest BCUT2D eigenvalue weighted by molar-refractivity contribution is 0.628. The molecule has 2 rings (SSSR count). The van der Waals surface area contributed by atoms with Crippen molar-refractivity contribution in [1.29, 1.82) is 0 Å². The van der Waals surface area contributed by atoms with Crippen LogP contribution < -0.4 is 0 Å². The predicted octanol–water partition coefficient (Wildman–Crippen LogP) is 2.71. The summed E-state index contributed by atoms with van der Waals surface area (Å²) in [7, 11) is 0. The number of hydrogen-bond donors (Lipinski definition) is 0. The lowest BCUT2D eigenvalue weighted by Crippen LogP contribution is -1.93. The summed E-state index contributed by atoms with van der Waals surface area (Å²) >= 11 is 0. The van der Waals surface area contributed by atoms with Crippen molar-refractivity contribution in [2.45, 2.75) is 13.5 Å². The van der Waals surface area contributed by atoms with E-state index in [0.717, 1.165) is 17.8 Å². The van der Waals surface area contributed by atoms with E-state index in [0.29, 0.717) is 0 Å². The van der Waals surface area contributed by atoms with Crippen molar-refractivity contribution in [3.05, 3.63) is 42.3 Å². The summed E-state index contributed by atoms with van der Waals surface area (Å²) in [6.07, 6.45) is 1.92. The molecule has 0 aliphatic rings. The van der Waals surface area contributed by atoms with Crippen LogP contribution in [-0.4, -0.2) is 9.78 Å². The molecule has 0 saturated heterocycles. The van der Waals surface area contributed by atoms with E-state index in [-0.39, 0.29) is 5.82 Å². The zero-order chi connectivity index (χ0) is 9.97. The largest absolute Gasteiger partial charge is 0.272 e. The summed E-state index contributed by atoms with van der Waals surface area (Å²) in [6.45, 7) is 2.88. The first-order chi connectivity index (χ1) is 6.79. The van der Waals surface area contributed by atoms with Crippen molar-refractivity contribution in [3.63, 3.8) is 0 Å². The molecule has 0 bridgehead atoms. The number of benzene rings is 1. The van der Waals surface area contributed by atoms with Crippen LogP contribution in [0.5, 0.6) is 0 Å². The second kappa shape index (κ2) is 3.62. The van der Waals surface area contributed by atoms with Gasteiger partial charge in [0, 0.05) is 18.3 Å². The lowest BCUT2D eigenvalue weighted by Gasteiger charge is -1.96. The minimum Gasteiger partial charge on any atom is -0.272 e. The third kappa shape index (κ3) is 1.66. The zero-order valence-electron chi connectivity index (χ0n) is 7.94. The number of hydrogen-bond acceptors (Lipinski definition) is 1. The van der Waals surface area contributed by atoms with Gasteiger partial charge in [-0.3, -0.25) is 4.68 Å². The Bertz CT molecular complexity index is 417. The van der Waals surface area contributed by atoms with Crippen molar-refractivity contribution in [3.8, 4) is 11.3 Å². The van der Waals surface area contributed by atoms with Crippen LogP contribution in [0.4, 0.5) is 4.39 Å². The highest BCUT2D eigenvalue weighted by Gasteiger charge is 2.00. The Balaban J connectivity index is 2.34. The predicted molar refractivity (Wildman–Crippen MR) is 53.3 cm³/mol. The van der Waals surface area contributed by atoms with Crippen molar-refractivity contribution in [1.82, 2.24) is 9.78 Å². The molecule has 0 saturated carbocycles. The van der Waals surface area contributed by atoms with E-state index < -0.39 is 0 Å². The van der Waals surface area contributed by atoms with Gasteiger partial charge in [-0.15, -0.1) is 0 Å². The van der Waals surface area contributed by atoms with Gasteiger partial charge < -0.3 is 0 Å². The number of nitrogens with zero attached hydrogens (tertiary/aromatic N) is 2. The van der Waals surface area contributed by atoms with Crippen LogP contribution in [-0.2, 0) is 6.54 Å². The van der Waals surface area contributed by atoms with E-state index in [1.54, 1.807) is 12.1 Å². The van der Waals surface area contributed by atoms with Crippen LogP contribution in [0.1, 0.15) is 6.92 Å². The average molecular weight is 190 g/mol. The van der Waals surface area contributed by atoms with E-state index in [1.165, 1.54) is 12.1 Å². The molecule has 0 amide bonds. The Morgan fingerprint density at radius 2 is 1.93 bits per heavy atom. The summed E-state index contributed by atoms with van der Waals surface area (Å²) in [6, 6.07) is 8.28. The van der Waals surface area contributed by atoms with Crippen LogP contribution in [0, 0.1) is 5.82 Å². The molecule has 3 heteroatoms. The van der Waals surface area contributed by atoms with Gasteiger partial charge in [0.05, 0.1) is 5.69 Å². The van der Waals surface area contributed by atoms with Crippen LogP contribution in [0.25, 0.3) is 11.3 Å². The standard InChI is InChI=1S/C11H11FN2/c1-2-14-8-7-11(13-14)9-3-5-10(12)6-4-9/h3-8H,2H2,1H3. The topological polar surface area (TPSA) is 17.8 Å². The summed E-state index contributed by atoms with van der Waals surface area (Å²) in [5.74, 6) is -0.219. The molecule has 0 radical (unpaired) electrons. The second-order valence-corrected chi connectivity index (χ2v) is 3.06. The molecule has 14 heavy (non-hydrogen) atoms. The zero-order valence-corrected chi connectivity index (χ0v) is 7.94. The molecule has 1 heterocycles. The van der Waals surface area contributed by atoms with Gasteiger partial charge in [0.1, 0.15) is 5.82 Å². The molecule has 2 nitrogen and oxygen atoms in total. The third-order valence-electron chi connectivity index (χ3n) is 2.10. The third-order valence-corrected chi connectivity index (χ3v) is 2.10. The minimum absolute atomic E-state index is 0.219. The van der Waals surface area contributed by atoms with Gasteiger partial charge in [0.25, 0.3) is 0 Å². The van der Waals surface area contributed by atoms with E-state index in [2.05, 4.69) is 5.10 Å². The highest BCUT2D eigenvalue weighted by molar-refractivity contribution is 5.58. The summed E-state index contributed by atoms with van der Waals surface area (Å²) in [5.41, 5.74) is 1.82. The maximum atomic E-state index is 12.6. The molecule has 0 unspecified atom stereocenters. The fourth-order valence-electron chi connectivity index (χ4n) is 1.31. The molecule has 0 N–H and O–H groups in total. The van der Waals surface area contributed by atoms with Gasteiger partial charge in [0.15, 0.2) is 0 Å². The van der Waals surface area contributed by atoms with Gasteiger partial charge >= 0.3 is 0 Å². The van der Waals surface area contributed by atoms with Crippen LogP contribution in [0.3, 0.4) is 0 Å². The molecule has 1 aromatic heterocycles. The second-order valence-electron chi connectivity index (χ2n) is 3.06. The van der Waals surface area contributed by atoms with E-state index >= 15 is 0 Å². The van der Waals surface area contributed by atoms with Crippen LogP contribution in [0.15, 0.2) is 36.5 Å². The fourth-order valence-corrected chi connectivity index (χ4v) is 1.31. The maximum Gasteiger partial charge on any atom is 0.123 e. The minimum atomic E-state index is -0.219. The number of rotatable bonds is 2. The number of halogens is 1. The van der Waals surface area contributed by atoms with Gasteiger partial charge in [-0.25, -0.2) is 4.39 Å². The van der Waals surface area contributed by atoms with Crippen LogP contribution in [0.2, 0.25) is 0 Å². The molecule has 0 aliphatic heterocycles. The van der Waals surface area contributed by atoms with E-state index in [1.807, 2.05) is 23.9 Å². The normalized spacial score (nSPS) is 10.4. The first-order valence-corrected chi connectivity index (χ1v) is 4.59. The molecule has 2 aromatic rings. The Morgan fingerprint density at radius 3 is 2.50 bits per heavy atom. The number of aromatic nitrogens is 2. The molecular formula is C11H11FN2. The van der Waals surface area contributed by atoms with Gasteiger partial charge in [-0.05, 0) is 37.3 Å². The Morgan fingerprint density at radius 1 is 1.21 bits per heavy atom. The maximum absolute atomic E-state index is 12.6. The molecule has 1 aromatic carbocycles. The molecule has 0 spiro atoms. The number of aryl methyl sites for hydroxylation is 1. The van der Waals surface area contributed by atoms with E-state index in [4.69, 9.17) is 0 Å². The highest BCUT2D eigenvalue weighted by Crippen LogP contribution is 2.16. The van der Waals surface area contributed by atoms with Crippen molar-refractivity contribution in [2.24, 2.45) is 0 Å². The Kier molecular flexibility index (Phi) is 2.31. The van der Waals surface area contributed by atoms with Gasteiger partial charge in [-0.1, -0.05) is 0 Å². The first kappa shape index (κ1) is 8.94. The van der Waals surface area contributed by atoms with E-state index in [9.17, 15) is 4.39 Å². The average Bonchev–Trinajstić information content (AvgIpc) is 2.67. The molecule has 0 atom stereocenters. The lowest BCUT2D eigenvalue weighted by atomic mass is 10.1. The van der Waals surface area contributed by atoms with Crippen molar-refractivity contribution >= 4 is 0 Å². The molecule has 0 fully saturated rings. The first-order valence-electron chi connectivity index (χ1n) is 4.59. The van der Waals surface area contributed by atoms with Crippen molar-refractivity contribution in [2.75, 3.05) is 0 Å². The SMILES string of the molecule is CCn1ccc(-c2ccc(F)cc2)n1. The monoisotopic (exact) mass is 190 g/mol. The van der Waals surface area contributed by atoms with Gasteiger partial charge in [0.2, 0.25) is 0 Å². The summed E-state index contributed by atoms with van der Waals surface area (Å²) < 4.78 is 14.5. The Hall–Kier alpha value is -1.64. The smallest absolute Gasteiger partial charge is 0.123 e. The molecule has 72 valence electrons. The Labute approximate surface area is 82.0 Å². The summed E-state index contributed by atoms with van der Waals surface area (Å²) in [4.78, 5) is 0. The fraction of sp³-hybridized carbons (Fsp3) is 0.182. The van der Waals surface area contributed by atoms with Crippen molar-refractivity contribution < 1.29 is 4.39 Å². The molecular weight excluding hydrogens is 179 g/mol. The van der Waals surface area contributed by atoms with Gasteiger partial charge in [-0.2, -0.15) is 5.10 Å². The highest BCUT2D eigenvalue weighted by atomic mass is 19.1. The quantitative estimate of drug-likeness (QED) is 0.712. The summed E-state index contributed by atoms with van der Waals surface area (Å²) in [5, 5.41) is 4.32. The van der Waals surface area contributed by atoms with Crippen LogP contribution >= 0.6 is 0 Å².